The van der Waals surface area contributed by atoms with Gasteiger partial charge in [0, 0.05) is 7.11 Å². The second kappa shape index (κ2) is 9.73. The van der Waals surface area contributed by atoms with Gasteiger partial charge in [-0.2, -0.15) is 0 Å². The van der Waals surface area contributed by atoms with E-state index >= 15 is 0 Å². The monoisotopic (exact) mass is 372 g/mol. The molecule has 27 heavy (non-hydrogen) atoms. The number of ketones is 1. The van der Waals surface area contributed by atoms with Crippen LogP contribution in [0.4, 0.5) is 0 Å². The first-order valence-corrected chi connectivity index (χ1v) is 8.87. The third-order valence-electron chi connectivity index (χ3n) is 4.42. The summed E-state index contributed by atoms with van der Waals surface area (Å²) in [5, 5.41) is 9.47. The minimum Gasteiger partial charge on any atom is -0.393 e. The molecule has 4 atom stereocenters. The van der Waals surface area contributed by atoms with Gasteiger partial charge >= 0.3 is 0 Å². The SMILES string of the molecule is CO[C@H]1O[C@H](CO)C(=O)[C@H](OCc2ccccc2)[C@H]1OCc1ccccc1. The largest absolute Gasteiger partial charge is 0.393 e. The van der Waals surface area contributed by atoms with Crippen LogP contribution in [0.2, 0.25) is 0 Å². The fourth-order valence-corrected chi connectivity index (χ4v) is 2.99. The van der Waals surface area contributed by atoms with Crippen molar-refractivity contribution in [1.82, 2.24) is 0 Å². The molecular formula is C21H24O6. The zero-order valence-corrected chi connectivity index (χ0v) is 15.2. The van der Waals surface area contributed by atoms with E-state index in [-0.39, 0.29) is 19.0 Å². The number of Topliss-reactive ketones (excluding diaryl/α,β-unsaturated/α-hetero) is 1. The highest BCUT2D eigenvalue weighted by atomic mass is 16.7. The average Bonchev–Trinajstić information content (AvgIpc) is 2.73. The van der Waals surface area contributed by atoms with E-state index in [2.05, 4.69) is 0 Å². The molecule has 6 heteroatoms. The predicted molar refractivity (Wildman–Crippen MR) is 97.8 cm³/mol. The lowest BCUT2D eigenvalue weighted by Crippen LogP contribution is -2.58. The van der Waals surface area contributed by atoms with Gasteiger partial charge in [-0.1, -0.05) is 60.7 Å². The molecule has 2 aromatic rings. The maximum absolute atomic E-state index is 12.7. The van der Waals surface area contributed by atoms with Crippen molar-refractivity contribution in [2.75, 3.05) is 13.7 Å². The molecule has 0 spiro atoms. The maximum Gasteiger partial charge on any atom is 0.195 e. The standard InChI is InChI=1S/C21H24O6/c1-24-21-20(26-14-16-10-6-3-7-11-16)19(18(23)17(12-22)27-21)25-13-15-8-4-2-5-9-15/h2-11,17,19-22H,12-14H2,1H3/t17-,19+,20-,21+/m1/s1. The molecule has 1 saturated heterocycles. The van der Waals surface area contributed by atoms with Crippen molar-refractivity contribution in [3.05, 3.63) is 71.8 Å². The van der Waals surface area contributed by atoms with E-state index in [1.165, 1.54) is 7.11 Å². The van der Waals surface area contributed by atoms with Crippen LogP contribution in [-0.4, -0.2) is 49.2 Å². The Morgan fingerprint density at radius 2 is 1.48 bits per heavy atom. The molecular weight excluding hydrogens is 348 g/mol. The van der Waals surface area contributed by atoms with Crippen LogP contribution in [-0.2, 0) is 37.0 Å². The molecule has 0 aromatic heterocycles. The van der Waals surface area contributed by atoms with Crippen molar-refractivity contribution >= 4 is 5.78 Å². The molecule has 1 N–H and O–H groups in total. The van der Waals surface area contributed by atoms with E-state index in [4.69, 9.17) is 18.9 Å². The Morgan fingerprint density at radius 3 is 2.00 bits per heavy atom. The van der Waals surface area contributed by atoms with Gasteiger partial charge in [-0.3, -0.25) is 4.79 Å². The molecule has 0 saturated carbocycles. The molecule has 144 valence electrons. The van der Waals surface area contributed by atoms with Gasteiger partial charge in [-0.05, 0) is 11.1 Å². The third-order valence-corrected chi connectivity index (χ3v) is 4.42. The molecule has 1 heterocycles. The van der Waals surface area contributed by atoms with Crippen LogP contribution in [0.5, 0.6) is 0 Å². The number of benzene rings is 2. The van der Waals surface area contributed by atoms with Crippen LogP contribution >= 0.6 is 0 Å². The average molecular weight is 372 g/mol. The van der Waals surface area contributed by atoms with Gasteiger partial charge in [-0.25, -0.2) is 0 Å². The summed E-state index contributed by atoms with van der Waals surface area (Å²) in [6, 6.07) is 19.2. The number of carbonyl (C=O) groups excluding carboxylic acids is 1. The van der Waals surface area contributed by atoms with E-state index < -0.39 is 31.2 Å². The number of carbonyl (C=O) groups is 1. The lowest BCUT2D eigenvalue weighted by Gasteiger charge is -2.39. The van der Waals surface area contributed by atoms with Crippen molar-refractivity contribution in [3.8, 4) is 0 Å². The number of aliphatic hydroxyl groups excluding tert-OH is 1. The van der Waals surface area contributed by atoms with E-state index in [1.807, 2.05) is 60.7 Å². The highest BCUT2D eigenvalue weighted by molar-refractivity contribution is 5.89. The van der Waals surface area contributed by atoms with Crippen LogP contribution < -0.4 is 0 Å². The number of ether oxygens (including phenoxy) is 4. The smallest absolute Gasteiger partial charge is 0.195 e. The van der Waals surface area contributed by atoms with Crippen molar-refractivity contribution in [3.63, 3.8) is 0 Å². The van der Waals surface area contributed by atoms with E-state index in [0.717, 1.165) is 11.1 Å². The van der Waals surface area contributed by atoms with Gasteiger partial charge in [0.25, 0.3) is 0 Å². The quantitative estimate of drug-likeness (QED) is 0.765. The summed E-state index contributed by atoms with van der Waals surface area (Å²) in [4.78, 5) is 12.7. The normalized spacial score (nSPS) is 25.5. The first kappa shape index (κ1) is 19.7. The number of hydrogen-bond acceptors (Lipinski definition) is 6. The van der Waals surface area contributed by atoms with Gasteiger partial charge < -0.3 is 24.1 Å². The van der Waals surface area contributed by atoms with Crippen LogP contribution in [0.15, 0.2) is 60.7 Å². The van der Waals surface area contributed by atoms with Crippen molar-refractivity contribution < 1.29 is 28.8 Å². The lowest BCUT2D eigenvalue weighted by atomic mass is 10.0. The number of methoxy groups -OCH3 is 1. The molecule has 1 fully saturated rings. The maximum atomic E-state index is 12.7. The first-order valence-electron chi connectivity index (χ1n) is 8.87. The third kappa shape index (κ3) is 5.00. The summed E-state index contributed by atoms with van der Waals surface area (Å²) in [7, 11) is 1.47. The molecule has 6 nitrogen and oxygen atoms in total. The fraction of sp³-hybridized carbons (Fsp3) is 0.381. The Labute approximate surface area is 158 Å². The summed E-state index contributed by atoms with van der Waals surface area (Å²) in [6.07, 6.45) is -3.45. The van der Waals surface area contributed by atoms with Gasteiger partial charge in [0.05, 0.1) is 19.8 Å². The molecule has 0 unspecified atom stereocenters. The molecule has 2 aromatic carbocycles. The van der Waals surface area contributed by atoms with Crippen molar-refractivity contribution in [2.45, 2.75) is 37.8 Å². The van der Waals surface area contributed by atoms with E-state index in [9.17, 15) is 9.90 Å². The minimum atomic E-state index is -0.993. The topological polar surface area (TPSA) is 74.2 Å². The Hall–Kier alpha value is -2.09. The van der Waals surface area contributed by atoms with Gasteiger partial charge in [0.1, 0.15) is 12.2 Å². The highest BCUT2D eigenvalue weighted by Crippen LogP contribution is 2.25. The Balaban J connectivity index is 1.74. The number of aliphatic hydroxyl groups is 1. The summed E-state index contributed by atoms with van der Waals surface area (Å²) in [5.74, 6) is -0.347. The molecule has 1 aliphatic heterocycles. The summed E-state index contributed by atoms with van der Waals surface area (Å²) in [6.45, 7) is 0.101. The van der Waals surface area contributed by atoms with E-state index in [0.29, 0.717) is 0 Å². The second-order valence-corrected chi connectivity index (χ2v) is 6.29. The van der Waals surface area contributed by atoms with Crippen LogP contribution in [0.1, 0.15) is 11.1 Å². The molecule has 0 aliphatic carbocycles. The Bertz CT molecular complexity index is 705. The molecule has 0 radical (unpaired) electrons. The van der Waals surface area contributed by atoms with Crippen molar-refractivity contribution in [2.24, 2.45) is 0 Å². The van der Waals surface area contributed by atoms with Gasteiger partial charge in [0.2, 0.25) is 0 Å². The molecule has 3 rings (SSSR count). The fourth-order valence-electron chi connectivity index (χ4n) is 2.99. The zero-order chi connectivity index (χ0) is 19.1. The highest BCUT2D eigenvalue weighted by Gasteiger charge is 2.46. The molecule has 0 amide bonds. The Kier molecular flexibility index (Phi) is 7.09. The zero-order valence-electron chi connectivity index (χ0n) is 15.2. The summed E-state index contributed by atoms with van der Waals surface area (Å²) < 4.78 is 22.8. The van der Waals surface area contributed by atoms with Gasteiger partial charge in [0.15, 0.2) is 18.2 Å². The first-order chi connectivity index (χ1) is 13.2. The van der Waals surface area contributed by atoms with Crippen molar-refractivity contribution in [1.29, 1.82) is 0 Å². The second-order valence-electron chi connectivity index (χ2n) is 6.29. The summed E-state index contributed by atoms with van der Waals surface area (Å²) >= 11 is 0. The molecule has 0 bridgehead atoms. The predicted octanol–water partition coefficient (Wildman–Crippen LogP) is 2.09. The van der Waals surface area contributed by atoms with Crippen LogP contribution in [0.25, 0.3) is 0 Å². The minimum absolute atomic E-state index is 0.247. The molecule has 1 aliphatic rings. The van der Waals surface area contributed by atoms with Crippen LogP contribution in [0.3, 0.4) is 0 Å². The number of hydrogen-bond donors (Lipinski definition) is 1. The van der Waals surface area contributed by atoms with E-state index in [1.54, 1.807) is 0 Å². The van der Waals surface area contributed by atoms with Gasteiger partial charge in [-0.15, -0.1) is 0 Å². The lowest BCUT2D eigenvalue weighted by molar-refractivity contribution is -0.268. The number of rotatable bonds is 8. The Morgan fingerprint density at radius 1 is 0.926 bits per heavy atom. The van der Waals surface area contributed by atoms with Crippen LogP contribution in [0, 0.1) is 0 Å². The summed E-state index contributed by atoms with van der Waals surface area (Å²) in [5.41, 5.74) is 1.90.